The maximum Gasteiger partial charge on any atom is 0.256 e. The molecule has 146 valence electrons. The van der Waals surface area contributed by atoms with Crippen molar-refractivity contribution in [3.63, 3.8) is 0 Å². The molecule has 1 saturated heterocycles. The van der Waals surface area contributed by atoms with Crippen LogP contribution in [0.5, 0.6) is 0 Å². The second-order valence-corrected chi connectivity index (χ2v) is 8.12. The van der Waals surface area contributed by atoms with Gasteiger partial charge in [0.1, 0.15) is 0 Å². The SMILES string of the molecule is O=C(CSc1ccc2c(c1)CCC2)Nc1ccccc1C(=O)N1CCOCC1. The summed E-state index contributed by atoms with van der Waals surface area (Å²) in [6.45, 7) is 2.26. The molecule has 0 radical (unpaired) electrons. The van der Waals surface area contributed by atoms with Gasteiger partial charge in [-0.25, -0.2) is 0 Å². The summed E-state index contributed by atoms with van der Waals surface area (Å²) in [5, 5.41) is 2.91. The van der Waals surface area contributed by atoms with Crippen molar-refractivity contribution in [2.24, 2.45) is 0 Å². The molecule has 0 atom stereocenters. The molecule has 28 heavy (non-hydrogen) atoms. The number of nitrogens with one attached hydrogen (secondary N) is 1. The number of ether oxygens (including phenoxy) is 1. The maximum atomic E-state index is 12.8. The predicted octanol–water partition coefficient (Wildman–Crippen LogP) is 3.38. The van der Waals surface area contributed by atoms with Crippen LogP contribution in [0, 0.1) is 0 Å². The van der Waals surface area contributed by atoms with E-state index in [2.05, 4.69) is 23.5 Å². The average molecular weight is 397 g/mol. The molecule has 1 heterocycles. The van der Waals surface area contributed by atoms with E-state index in [1.54, 1.807) is 17.0 Å². The Hall–Kier alpha value is -2.31. The quantitative estimate of drug-likeness (QED) is 0.787. The zero-order chi connectivity index (χ0) is 19.3. The molecule has 5 nitrogen and oxygen atoms in total. The smallest absolute Gasteiger partial charge is 0.256 e. The number of hydrogen-bond donors (Lipinski definition) is 1. The van der Waals surface area contributed by atoms with Gasteiger partial charge in [0, 0.05) is 18.0 Å². The number of hydrogen-bond acceptors (Lipinski definition) is 4. The van der Waals surface area contributed by atoms with Crippen LogP contribution in [0.1, 0.15) is 27.9 Å². The van der Waals surface area contributed by atoms with E-state index in [4.69, 9.17) is 4.74 Å². The first kappa shape index (κ1) is 19.0. The zero-order valence-electron chi connectivity index (χ0n) is 15.8. The average Bonchev–Trinajstić information content (AvgIpc) is 3.21. The number of para-hydroxylation sites is 1. The minimum Gasteiger partial charge on any atom is -0.378 e. The summed E-state index contributed by atoms with van der Waals surface area (Å²) in [4.78, 5) is 28.2. The molecule has 4 rings (SSSR count). The number of fused-ring (bicyclic) bond motifs is 1. The first-order chi connectivity index (χ1) is 13.7. The topological polar surface area (TPSA) is 58.6 Å². The molecule has 2 aromatic carbocycles. The molecule has 1 aliphatic carbocycles. The Labute approximate surface area is 169 Å². The normalized spacial score (nSPS) is 15.9. The summed E-state index contributed by atoms with van der Waals surface area (Å²) in [5.74, 6) is 0.150. The molecule has 0 bridgehead atoms. The highest BCUT2D eigenvalue weighted by Crippen LogP contribution is 2.28. The van der Waals surface area contributed by atoms with Crippen molar-refractivity contribution in [1.29, 1.82) is 0 Å². The molecule has 1 N–H and O–H groups in total. The number of aryl methyl sites for hydroxylation is 2. The molecule has 2 amide bonds. The zero-order valence-corrected chi connectivity index (χ0v) is 16.6. The van der Waals surface area contributed by atoms with Gasteiger partial charge in [0.15, 0.2) is 0 Å². The Morgan fingerprint density at radius 2 is 1.82 bits per heavy atom. The van der Waals surface area contributed by atoms with Gasteiger partial charge in [-0.2, -0.15) is 0 Å². The van der Waals surface area contributed by atoms with Crippen LogP contribution in [0.15, 0.2) is 47.4 Å². The van der Waals surface area contributed by atoms with E-state index >= 15 is 0 Å². The van der Waals surface area contributed by atoms with Gasteiger partial charge < -0.3 is 15.0 Å². The third-order valence-electron chi connectivity index (χ3n) is 5.17. The molecule has 1 aliphatic heterocycles. The molecule has 1 fully saturated rings. The number of thioether (sulfide) groups is 1. The number of benzene rings is 2. The summed E-state index contributed by atoms with van der Waals surface area (Å²) in [6, 6.07) is 13.7. The summed E-state index contributed by atoms with van der Waals surface area (Å²) in [7, 11) is 0. The Bertz CT molecular complexity index is 878. The fourth-order valence-corrected chi connectivity index (χ4v) is 4.45. The van der Waals surface area contributed by atoms with Gasteiger partial charge in [-0.15, -0.1) is 11.8 Å². The lowest BCUT2D eigenvalue weighted by Gasteiger charge is -2.27. The van der Waals surface area contributed by atoms with Gasteiger partial charge >= 0.3 is 0 Å². The van der Waals surface area contributed by atoms with Crippen LogP contribution in [-0.2, 0) is 22.4 Å². The Morgan fingerprint density at radius 1 is 1.04 bits per heavy atom. The van der Waals surface area contributed by atoms with E-state index in [1.165, 1.54) is 29.3 Å². The Morgan fingerprint density at radius 3 is 2.68 bits per heavy atom. The van der Waals surface area contributed by atoms with Gasteiger partial charge in [-0.1, -0.05) is 18.2 Å². The molecule has 2 aromatic rings. The van der Waals surface area contributed by atoms with E-state index in [0.717, 1.165) is 17.7 Å². The number of rotatable bonds is 5. The Balaban J connectivity index is 1.38. The second-order valence-electron chi connectivity index (χ2n) is 7.07. The van der Waals surface area contributed by atoms with Crippen molar-refractivity contribution in [3.8, 4) is 0 Å². The standard InChI is InChI=1S/C22H24N2O3S/c25-21(15-28-18-9-8-16-4-3-5-17(16)14-18)23-20-7-2-1-6-19(20)22(26)24-10-12-27-13-11-24/h1-2,6-9,14H,3-5,10-13,15H2,(H,23,25). The minimum atomic E-state index is -0.104. The molecule has 0 spiro atoms. The van der Waals surface area contributed by atoms with E-state index < -0.39 is 0 Å². The van der Waals surface area contributed by atoms with Gasteiger partial charge in [0.25, 0.3) is 5.91 Å². The lowest BCUT2D eigenvalue weighted by molar-refractivity contribution is -0.113. The molecule has 0 saturated carbocycles. The summed E-state index contributed by atoms with van der Waals surface area (Å²) < 4.78 is 5.32. The van der Waals surface area contributed by atoms with Gasteiger partial charge in [-0.3, -0.25) is 9.59 Å². The molecular weight excluding hydrogens is 372 g/mol. The van der Waals surface area contributed by atoms with Crippen molar-refractivity contribution >= 4 is 29.3 Å². The molecule has 2 aliphatic rings. The third kappa shape index (κ3) is 4.39. The minimum absolute atomic E-state index is 0.0644. The molecule has 0 unspecified atom stereocenters. The summed E-state index contributed by atoms with van der Waals surface area (Å²) in [6.07, 6.45) is 3.51. The highest BCUT2D eigenvalue weighted by molar-refractivity contribution is 8.00. The largest absolute Gasteiger partial charge is 0.378 e. The number of morpholine rings is 1. The summed E-state index contributed by atoms with van der Waals surface area (Å²) >= 11 is 1.53. The fourth-order valence-electron chi connectivity index (χ4n) is 3.69. The molecular formula is C22H24N2O3S. The van der Waals surface area contributed by atoms with Gasteiger partial charge in [0.05, 0.1) is 30.2 Å². The van der Waals surface area contributed by atoms with E-state index in [1.807, 2.05) is 12.1 Å². The third-order valence-corrected chi connectivity index (χ3v) is 6.16. The first-order valence-electron chi connectivity index (χ1n) is 9.71. The highest BCUT2D eigenvalue weighted by Gasteiger charge is 2.21. The monoisotopic (exact) mass is 396 g/mol. The number of nitrogens with zero attached hydrogens (tertiary/aromatic N) is 1. The van der Waals surface area contributed by atoms with E-state index in [0.29, 0.717) is 43.3 Å². The van der Waals surface area contributed by atoms with Crippen LogP contribution >= 0.6 is 11.8 Å². The second kappa shape index (κ2) is 8.80. The van der Waals surface area contributed by atoms with Crippen molar-refractivity contribution in [3.05, 3.63) is 59.2 Å². The summed E-state index contributed by atoms with van der Waals surface area (Å²) in [5.41, 5.74) is 3.94. The first-order valence-corrected chi connectivity index (χ1v) is 10.7. The van der Waals surface area contributed by atoms with Gasteiger partial charge in [-0.05, 0) is 54.7 Å². The van der Waals surface area contributed by atoms with Crippen LogP contribution in [0.4, 0.5) is 5.69 Å². The van der Waals surface area contributed by atoms with Crippen LogP contribution in [0.3, 0.4) is 0 Å². The maximum absolute atomic E-state index is 12.8. The van der Waals surface area contributed by atoms with Crippen LogP contribution < -0.4 is 5.32 Å². The number of amides is 2. The molecule has 0 aromatic heterocycles. The number of carbonyl (C=O) groups excluding carboxylic acids is 2. The molecule has 6 heteroatoms. The lowest BCUT2D eigenvalue weighted by atomic mass is 10.1. The van der Waals surface area contributed by atoms with E-state index in [9.17, 15) is 9.59 Å². The van der Waals surface area contributed by atoms with Crippen molar-refractivity contribution in [1.82, 2.24) is 4.90 Å². The Kier molecular flexibility index (Phi) is 5.98. The van der Waals surface area contributed by atoms with E-state index in [-0.39, 0.29) is 11.8 Å². The van der Waals surface area contributed by atoms with Crippen LogP contribution in [-0.4, -0.2) is 48.8 Å². The van der Waals surface area contributed by atoms with Crippen molar-refractivity contribution < 1.29 is 14.3 Å². The van der Waals surface area contributed by atoms with Crippen LogP contribution in [0.25, 0.3) is 0 Å². The van der Waals surface area contributed by atoms with Crippen LogP contribution in [0.2, 0.25) is 0 Å². The van der Waals surface area contributed by atoms with Crippen molar-refractivity contribution in [2.45, 2.75) is 24.2 Å². The lowest BCUT2D eigenvalue weighted by Crippen LogP contribution is -2.41. The predicted molar refractivity (Wildman–Crippen MR) is 111 cm³/mol. The van der Waals surface area contributed by atoms with Gasteiger partial charge in [0.2, 0.25) is 5.91 Å². The number of anilines is 1. The van der Waals surface area contributed by atoms with Crippen molar-refractivity contribution in [2.75, 3.05) is 37.4 Å². The number of carbonyl (C=O) groups is 2. The highest BCUT2D eigenvalue weighted by atomic mass is 32.2. The fraction of sp³-hybridized carbons (Fsp3) is 0.364.